The van der Waals surface area contributed by atoms with Crippen LogP contribution in [0.3, 0.4) is 0 Å². The van der Waals surface area contributed by atoms with Crippen molar-refractivity contribution >= 4 is 22.7 Å². The van der Waals surface area contributed by atoms with E-state index in [-0.39, 0.29) is 11.6 Å². The third-order valence-electron chi connectivity index (χ3n) is 4.60. The summed E-state index contributed by atoms with van der Waals surface area (Å²) in [5.74, 6) is 1.72. The molecule has 2 heterocycles. The molecule has 7 heteroatoms. The van der Waals surface area contributed by atoms with Gasteiger partial charge >= 0.3 is 0 Å². The van der Waals surface area contributed by atoms with E-state index in [4.69, 9.17) is 9.40 Å². The van der Waals surface area contributed by atoms with Crippen LogP contribution in [0.2, 0.25) is 0 Å². The Hall–Kier alpha value is -2.15. The molecule has 0 aliphatic heterocycles. The maximum Gasteiger partial charge on any atom is 0.262 e. The fourth-order valence-corrected chi connectivity index (χ4v) is 4.23. The van der Waals surface area contributed by atoms with Gasteiger partial charge < -0.3 is 4.42 Å². The molecule has 25 heavy (non-hydrogen) atoms. The molecule has 6 nitrogen and oxygen atoms in total. The molecule has 0 N–H and O–H groups in total. The standard InChI is InChI=1S/C18H20N4O2S/c1-2-15-20-21-16(24-15)11-25-18-19-14-10-6-5-9-13(14)17(23)22(18)12-7-3-4-8-12/h5-6,9-10,12H,2-4,7-8,11H2,1H3. The summed E-state index contributed by atoms with van der Waals surface area (Å²) in [6.07, 6.45) is 5.12. The van der Waals surface area contributed by atoms with Crippen molar-refractivity contribution in [1.29, 1.82) is 0 Å². The van der Waals surface area contributed by atoms with Crippen LogP contribution in [0.5, 0.6) is 0 Å². The zero-order valence-electron chi connectivity index (χ0n) is 14.1. The first-order valence-corrected chi connectivity index (χ1v) is 9.70. The van der Waals surface area contributed by atoms with Crippen LogP contribution in [-0.2, 0) is 12.2 Å². The number of aryl methyl sites for hydroxylation is 1. The number of benzene rings is 1. The van der Waals surface area contributed by atoms with E-state index in [0.29, 0.717) is 22.9 Å². The van der Waals surface area contributed by atoms with Crippen molar-refractivity contribution in [3.63, 3.8) is 0 Å². The Balaban J connectivity index is 1.72. The van der Waals surface area contributed by atoms with Gasteiger partial charge in [-0.2, -0.15) is 0 Å². The fraction of sp³-hybridized carbons (Fsp3) is 0.444. The van der Waals surface area contributed by atoms with E-state index in [0.717, 1.165) is 42.8 Å². The van der Waals surface area contributed by atoms with E-state index in [1.807, 2.05) is 35.8 Å². The topological polar surface area (TPSA) is 73.8 Å². The Morgan fingerprint density at radius 3 is 2.72 bits per heavy atom. The number of thioether (sulfide) groups is 1. The third-order valence-corrected chi connectivity index (χ3v) is 5.54. The van der Waals surface area contributed by atoms with Crippen molar-refractivity contribution in [3.8, 4) is 0 Å². The highest BCUT2D eigenvalue weighted by atomic mass is 32.2. The van der Waals surface area contributed by atoms with E-state index in [1.165, 1.54) is 11.8 Å². The predicted octanol–water partition coefficient (Wildman–Crippen LogP) is 3.75. The Bertz CT molecular complexity index is 944. The molecule has 1 saturated carbocycles. The number of aromatic nitrogens is 4. The van der Waals surface area contributed by atoms with Gasteiger partial charge in [-0.25, -0.2) is 4.98 Å². The molecule has 0 radical (unpaired) electrons. The molecule has 1 aromatic carbocycles. The SMILES string of the molecule is CCc1nnc(CSc2nc3ccccc3c(=O)n2C2CCCC2)o1. The Morgan fingerprint density at radius 1 is 1.20 bits per heavy atom. The molecule has 0 bridgehead atoms. The van der Waals surface area contributed by atoms with Crippen molar-refractivity contribution in [3.05, 3.63) is 46.4 Å². The number of para-hydroxylation sites is 1. The zero-order chi connectivity index (χ0) is 17.2. The van der Waals surface area contributed by atoms with Gasteiger partial charge in [0.1, 0.15) is 0 Å². The second-order valence-corrected chi connectivity index (χ2v) is 7.20. The van der Waals surface area contributed by atoms with Gasteiger partial charge in [-0.3, -0.25) is 9.36 Å². The van der Waals surface area contributed by atoms with E-state index in [2.05, 4.69) is 10.2 Å². The Kier molecular flexibility index (Phi) is 4.57. The highest BCUT2D eigenvalue weighted by molar-refractivity contribution is 7.98. The van der Waals surface area contributed by atoms with Gasteiger partial charge in [0.25, 0.3) is 5.56 Å². The van der Waals surface area contributed by atoms with Crippen molar-refractivity contribution < 1.29 is 4.42 Å². The summed E-state index contributed by atoms with van der Waals surface area (Å²) < 4.78 is 7.47. The zero-order valence-corrected chi connectivity index (χ0v) is 15.0. The molecule has 1 aliphatic rings. The third kappa shape index (κ3) is 3.20. The predicted molar refractivity (Wildman–Crippen MR) is 96.7 cm³/mol. The summed E-state index contributed by atoms with van der Waals surface area (Å²) in [5, 5.41) is 9.48. The maximum atomic E-state index is 13.1. The van der Waals surface area contributed by atoms with Gasteiger partial charge in [0.2, 0.25) is 11.8 Å². The van der Waals surface area contributed by atoms with Crippen LogP contribution in [0.4, 0.5) is 0 Å². The smallest absolute Gasteiger partial charge is 0.262 e. The summed E-state index contributed by atoms with van der Waals surface area (Å²) >= 11 is 1.50. The van der Waals surface area contributed by atoms with E-state index in [1.54, 1.807) is 0 Å². The lowest BCUT2D eigenvalue weighted by atomic mass is 10.2. The van der Waals surface area contributed by atoms with Crippen LogP contribution in [0.15, 0.2) is 38.6 Å². The highest BCUT2D eigenvalue weighted by Crippen LogP contribution is 2.32. The van der Waals surface area contributed by atoms with Gasteiger partial charge in [-0.1, -0.05) is 43.7 Å². The minimum absolute atomic E-state index is 0.0553. The molecule has 1 aliphatic carbocycles. The molecular formula is C18H20N4O2S. The van der Waals surface area contributed by atoms with E-state index < -0.39 is 0 Å². The van der Waals surface area contributed by atoms with Gasteiger partial charge in [0.05, 0.1) is 16.7 Å². The molecule has 0 amide bonds. The number of hydrogen-bond donors (Lipinski definition) is 0. The van der Waals surface area contributed by atoms with Crippen LogP contribution in [0.25, 0.3) is 10.9 Å². The molecule has 0 spiro atoms. The maximum absolute atomic E-state index is 13.1. The minimum Gasteiger partial charge on any atom is -0.424 e. The lowest BCUT2D eigenvalue weighted by molar-refractivity contribution is 0.455. The summed E-state index contributed by atoms with van der Waals surface area (Å²) in [6, 6.07) is 7.79. The number of hydrogen-bond acceptors (Lipinski definition) is 6. The quantitative estimate of drug-likeness (QED) is 0.512. The van der Waals surface area contributed by atoms with Gasteiger partial charge in [-0.15, -0.1) is 10.2 Å². The van der Waals surface area contributed by atoms with Crippen molar-refractivity contribution in [2.24, 2.45) is 0 Å². The van der Waals surface area contributed by atoms with Gasteiger partial charge in [-0.05, 0) is 25.0 Å². The number of nitrogens with zero attached hydrogens (tertiary/aromatic N) is 4. The Labute approximate surface area is 149 Å². The monoisotopic (exact) mass is 356 g/mol. The average Bonchev–Trinajstić information content (AvgIpc) is 3.32. The van der Waals surface area contributed by atoms with Crippen LogP contribution in [0, 0.1) is 0 Å². The van der Waals surface area contributed by atoms with E-state index >= 15 is 0 Å². The molecule has 1 fully saturated rings. The molecule has 0 saturated heterocycles. The second-order valence-electron chi connectivity index (χ2n) is 6.26. The van der Waals surface area contributed by atoms with Crippen molar-refractivity contribution in [1.82, 2.24) is 19.7 Å². The first-order valence-electron chi connectivity index (χ1n) is 8.71. The second kappa shape index (κ2) is 7.00. The first-order chi connectivity index (χ1) is 12.3. The average molecular weight is 356 g/mol. The lowest BCUT2D eigenvalue weighted by Crippen LogP contribution is -2.26. The van der Waals surface area contributed by atoms with Crippen LogP contribution in [-0.4, -0.2) is 19.7 Å². The van der Waals surface area contributed by atoms with Crippen LogP contribution in [0.1, 0.15) is 50.4 Å². The van der Waals surface area contributed by atoms with E-state index in [9.17, 15) is 4.79 Å². The van der Waals surface area contributed by atoms with Crippen LogP contribution < -0.4 is 5.56 Å². The molecule has 130 valence electrons. The summed E-state index contributed by atoms with van der Waals surface area (Å²) in [7, 11) is 0. The molecule has 4 rings (SSSR count). The normalized spacial score (nSPS) is 15.2. The van der Waals surface area contributed by atoms with Gasteiger partial charge in [0, 0.05) is 12.5 Å². The summed E-state index contributed by atoms with van der Waals surface area (Å²) in [4.78, 5) is 17.8. The molecule has 2 aromatic heterocycles. The first kappa shape index (κ1) is 16.3. The molecule has 3 aromatic rings. The Morgan fingerprint density at radius 2 is 1.96 bits per heavy atom. The highest BCUT2D eigenvalue weighted by Gasteiger charge is 2.23. The van der Waals surface area contributed by atoms with Crippen molar-refractivity contribution in [2.45, 2.75) is 56.0 Å². The van der Waals surface area contributed by atoms with Gasteiger partial charge in [0.15, 0.2) is 5.16 Å². The number of rotatable bonds is 5. The summed E-state index contributed by atoms with van der Waals surface area (Å²) in [6.45, 7) is 1.98. The molecule has 0 atom stereocenters. The number of fused-ring (bicyclic) bond motifs is 1. The lowest BCUT2D eigenvalue weighted by Gasteiger charge is -2.18. The fourth-order valence-electron chi connectivity index (χ4n) is 3.33. The minimum atomic E-state index is 0.0553. The molecule has 0 unspecified atom stereocenters. The van der Waals surface area contributed by atoms with Crippen molar-refractivity contribution in [2.75, 3.05) is 0 Å². The summed E-state index contributed by atoms with van der Waals surface area (Å²) in [5.41, 5.74) is 0.795. The van der Waals surface area contributed by atoms with Crippen LogP contribution >= 0.6 is 11.8 Å². The molecular weight excluding hydrogens is 336 g/mol. The largest absolute Gasteiger partial charge is 0.424 e.